The van der Waals surface area contributed by atoms with Crippen LogP contribution in [0.2, 0.25) is 0 Å². The van der Waals surface area contributed by atoms with E-state index in [9.17, 15) is 14.4 Å². The van der Waals surface area contributed by atoms with Crippen molar-refractivity contribution in [1.29, 1.82) is 0 Å². The van der Waals surface area contributed by atoms with E-state index in [1.807, 2.05) is 0 Å². The number of esters is 1. The van der Waals surface area contributed by atoms with Gasteiger partial charge in [-0.3, -0.25) is 14.4 Å². The molecule has 1 aromatic heterocycles. The van der Waals surface area contributed by atoms with Crippen LogP contribution in [0.15, 0.2) is 17.5 Å². The number of carbonyl (C=O) groups excluding carboxylic acids is 3. The lowest BCUT2D eigenvalue weighted by Crippen LogP contribution is -2.35. The first-order chi connectivity index (χ1) is 7.15. The first kappa shape index (κ1) is 11.4. The van der Waals surface area contributed by atoms with Gasteiger partial charge in [0.05, 0.1) is 12.0 Å². The van der Waals surface area contributed by atoms with Crippen molar-refractivity contribution in [1.82, 2.24) is 5.32 Å². The van der Waals surface area contributed by atoms with Gasteiger partial charge in [-0.05, 0) is 11.4 Å². The van der Waals surface area contributed by atoms with Crippen molar-refractivity contribution in [3.05, 3.63) is 22.4 Å². The Morgan fingerprint density at radius 1 is 1.47 bits per heavy atom. The van der Waals surface area contributed by atoms with Crippen LogP contribution in [0.1, 0.15) is 9.67 Å². The molecule has 6 heteroatoms. The van der Waals surface area contributed by atoms with Gasteiger partial charge in [0.1, 0.15) is 6.54 Å². The zero-order chi connectivity index (χ0) is 11.3. The number of hydrogen-bond acceptors (Lipinski definition) is 5. The molecule has 0 spiro atoms. The fourth-order valence-electron chi connectivity index (χ4n) is 0.825. The van der Waals surface area contributed by atoms with Gasteiger partial charge in [-0.25, -0.2) is 0 Å². The highest BCUT2D eigenvalue weighted by atomic mass is 32.1. The second-order valence-electron chi connectivity index (χ2n) is 2.57. The third-order valence-corrected chi connectivity index (χ3v) is 2.44. The molecule has 1 heterocycles. The molecule has 0 saturated heterocycles. The van der Waals surface area contributed by atoms with Crippen LogP contribution >= 0.6 is 11.3 Å². The maximum atomic E-state index is 11.4. The third-order valence-electron chi connectivity index (χ3n) is 1.57. The van der Waals surface area contributed by atoms with E-state index in [1.54, 1.807) is 17.5 Å². The number of ether oxygens (including phenoxy) is 1. The molecule has 5 nitrogen and oxygen atoms in total. The summed E-state index contributed by atoms with van der Waals surface area (Å²) >= 11 is 1.17. The minimum atomic E-state index is -0.803. The van der Waals surface area contributed by atoms with E-state index in [4.69, 9.17) is 0 Å². The summed E-state index contributed by atoms with van der Waals surface area (Å²) in [5.74, 6) is -2.04. The Labute approximate surface area is 90.0 Å². The summed E-state index contributed by atoms with van der Waals surface area (Å²) in [6.07, 6.45) is 0. The van der Waals surface area contributed by atoms with E-state index in [1.165, 1.54) is 18.4 Å². The second-order valence-corrected chi connectivity index (χ2v) is 3.51. The Bertz CT molecular complexity index is 371. The Balaban J connectivity index is 2.48. The van der Waals surface area contributed by atoms with Crippen LogP contribution in [-0.2, 0) is 14.3 Å². The van der Waals surface area contributed by atoms with Crippen molar-refractivity contribution in [2.75, 3.05) is 13.7 Å². The monoisotopic (exact) mass is 227 g/mol. The van der Waals surface area contributed by atoms with Crippen molar-refractivity contribution in [3.63, 3.8) is 0 Å². The molecule has 0 fully saturated rings. The van der Waals surface area contributed by atoms with Gasteiger partial charge in [-0.15, -0.1) is 11.3 Å². The quantitative estimate of drug-likeness (QED) is 0.453. The summed E-state index contributed by atoms with van der Waals surface area (Å²) in [5.41, 5.74) is 0. The first-order valence-corrected chi connectivity index (χ1v) is 4.96. The van der Waals surface area contributed by atoms with Crippen LogP contribution in [-0.4, -0.2) is 31.3 Å². The zero-order valence-corrected chi connectivity index (χ0v) is 8.80. The largest absolute Gasteiger partial charge is 0.468 e. The molecule has 1 rings (SSSR count). The number of thiophene rings is 1. The highest BCUT2D eigenvalue weighted by Gasteiger charge is 2.17. The Morgan fingerprint density at radius 3 is 2.73 bits per heavy atom. The van der Waals surface area contributed by atoms with Crippen molar-refractivity contribution >= 4 is 29.0 Å². The molecular weight excluding hydrogens is 218 g/mol. The summed E-state index contributed by atoms with van der Waals surface area (Å²) in [4.78, 5) is 33.6. The normalized spacial score (nSPS) is 9.40. The van der Waals surface area contributed by atoms with Gasteiger partial charge in [0.25, 0.3) is 11.7 Å². The maximum Gasteiger partial charge on any atom is 0.325 e. The van der Waals surface area contributed by atoms with Crippen molar-refractivity contribution < 1.29 is 19.1 Å². The van der Waals surface area contributed by atoms with E-state index >= 15 is 0 Å². The summed E-state index contributed by atoms with van der Waals surface area (Å²) < 4.78 is 4.31. The highest BCUT2D eigenvalue weighted by molar-refractivity contribution is 7.13. The lowest BCUT2D eigenvalue weighted by Gasteiger charge is -2.01. The summed E-state index contributed by atoms with van der Waals surface area (Å²) in [6.45, 7) is -0.299. The van der Waals surface area contributed by atoms with Gasteiger partial charge in [0.2, 0.25) is 0 Å². The molecular formula is C9H9NO4S. The number of Topliss-reactive ketones (excluding diaryl/α,β-unsaturated/α-hetero) is 1. The van der Waals surface area contributed by atoms with E-state index in [2.05, 4.69) is 10.1 Å². The molecule has 0 aromatic carbocycles. The van der Waals surface area contributed by atoms with Gasteiger partial charge in [-0.1, -0.05) is 6.07 Å². The lowest BCUT2D eigenvalue weighted by molar-refractivity contribution is -0.140. The van der Waals surface area contributed by atoms with Gasteiger partial charge >= 0.3 is 5.97 Å². The van der Waals surface area contributed by atoms with Gasteiger partial charge in [0.15, 0.2) is 0 Å². The van der Waals surface area contributed by atoms with Gasteiger partial charge in [-0.2, -0.15) is 0 Å². The number of ketones is 1. The number of rotatable bonds is 4. The summed E-state index contributed by atoms with van der Waals surface area (Å²) in [7, 11) is 1.20. The maximum absolute atomic E-state index is 11.4. The van der Waals surface area contributed by atoms with Crippen molar-refractivity contribution in [3.8, 4) is 0 Å². The SMILES string of the molecule is COC(=O)CNC(=O)C(=O)c1cccs1. The Kier molecular flexibility index (Phi) is 3.99. The molecule has 1 N–H and O–H groups in total. The topological polar surface area (TPSA) is 72.5 Å². The van der Waals surface area contributed by atoms with Crippen LogP contribution in [0, 0.1) is 0 Å². The van der Waals surface area contributed by atoms with Crippen LogP contribution in [0.25, 0.3) is 0 Å². The van der Waals surface area contributed by atoms with Gasteiger partial charge in [0, 0.05) is 0 Å². The molecule has 80 valence electrons. The molecule has 0 aliphatic heterocycles. The van der Waals surface area contributed by atoms with Crippen LogP contribution in [0.4, 0.5) is 0 Å². The fraction of sp³-hybridized carbons (Fsp3) is 0.222. The zero-order valence-electron chi connectivity index (χ0n) is 7.98. The minimum Gasteiger partial charge on any atom is -0.468 e. The first-order valence-electron chi connectivity index (χ1n) is 4.08. The van der Waals surface area contributed by atoms with E-state index in [0.717, 1.165) is 0 Å². The number of nitrogens with one attached hydrogen (secondary N) is 1. The van der Waals surface area contributed by atoms with Crippen molar-refractivity contribution in [2.24, 2.45) is 0 Å². The Hall–Kier alpha value is -1.69. The smallest absolute Gasteiger partial charge is 0.325 e. The number of carbonyl (C=O) groups is 3. The standard InChI is InChI=1S/C9H9NO4S/c1-14-7(11)5-10-9(13)8(12)6-3-2-4-15-6/h2-4H,5H2,1H3,(H,10,13). The lowest BCUT2D eigenvalue weighted by atomic mass is 10.3. The number of methoxy groups -OCH3 is 1. The van der Waals surface area contributed by atoms with E-state index in [0.29, 0.717) is 4.88 Å². The second kappa shape index (κ2) is 5.26. The van der Waals surface area contributed by atoms with E-state index in [-0.39, 0.29) is 6.54 Å². The van der Waals surface area contributed by atoms with Crippen LogP contribution < -0.4 is 5.32 Å². The molecule has 0 radical (unpaired) electrons. The minimum absolute atomic E-state index is 0.299. The molecule has 15 heavy (non-hydrogen) atoms. The molecule has 0 bridgehead atoms. The number of hydrogen-bond donors (Lipinski definition) is 1. The number of amides is 1. The molecule has 1 amide bonds. The molecule has 0 aliphatic rings. The average Bonchev–Trinajstić information content (AvgIpc) is 2.77. The molecule has 0 saturated carbocycles. The van der Waals surface area contributed by atoms with Crippen LogP contribution in [0.5, 0.6) is 0 Å². The predicted octanol–water partition coefficient (Wildman–Crippen LogP) is 0.220. The average molecular weight is 227 g/mol. The molecule has 0 unspecified atom stereocenters. The third kappa shape index (κ3) is 3.17. The predicted molar refractivity (Wildman–Crippen MR) is 53.7 cm³/mol. The van der Waals surface area contributed by atoms with Crippen molar-refractivity contribution in [2.45, 2.75) is 0 Å². The molecule has 0 aliphatic carbocycles. The molecule has 0 atom stereocenters. The Morgan fingerprint density at radius 2 is 2.20 bits per heavy atom. The molecule has 1 aromatic rings. The summed E-state index contributed by atoms with van der Waals surface area (Å²) in [6, 6.07) is 3.22. The van der Waals surface area contributed by atoms with E-state index < -0.39 is 17.7 Å². The highest BCUT2D eigenvalue weighted by Crippen LogP contribution is 2.08. The van der Waals surface area contributed by atoms with Crippen LogP contribution in [0.3, 0.4) is 0 Å². The van der Waals surface area contributed by atoms with Gasteiger partial charge < -0.3 is 10.1 Å². The fourth-order valence-corrected chi connectivity index (χ4v) is 1.49. The summed E-state index contributed by atoms with van der Waals surface area (Å²) in [5, 5.41) is 3.86.